The predicted octanol–water partition coefficient (Wildman–Crippen LogP) is 1.30. The van der Waals surface area contributed by atoms with Gasteiger partial charge in [-0.2, -0.15) is 0 Å². The third kappa shape index (κ3) is 3.93. The van der Waals surface area contributed by atoms with Crippen LogP contribution in [0.1, 0.15) is 12.1 Å². The van der Waals surface area contributed by atoms with Crippen LogP contribution in [-0.2, 0) is 11.3 Å². The number of thioether (sulfide) groups is 1. The van der Waals surface area contributed by atoms with E-state index in [1.807, 2.05) is 18.6 Å². The molecule has 2 unspecified atom stereocenters. The largest absolute Gasteiger partial charge is 0.387 e. The SMILES string of the molecule is C=C(NC)c1c(NC)ncn1CC(=O)NC1NC=C(C2C=CN=CC2)S1. The number of hydrogen-bond donors (Lipinski definition) is 4. The van der Waals surface area contributed by atoms with Crippen molar-refractivity contribution in [1.29, 1.82) is 0 Å². The Morgan fingerprint density at radius 2 is 2.35 bits per heavy atom. The predicted molar refractivity (Wildman–Crippen MR) is 106 cm³/mol. The highest BCUT2D eigenvalue weighted by Crippen LogP contribution is 2.33. The van der Waals surface area contributed by atoms with Crippen LogP contribution in [-0.4, -0.2) is 41.3 Å². The van der Waals surface area contributed by atoms with Crippen molar-refractivity contribution in [2.75, 3.05) is 19.4 Å². The summed E-state index contributed by atoms with van der Waals surface area (Å²) in [5.74, 6) is 0.903. The summed E-state index contributed by atoms with van der Waals surface area (Å²) < 4.78 is 1.77. The average Bonchev–Trinajstić information content (AvgIpc) is 3.28. The van der Waals surface area contributed by atoms with Crippen molar-refractivity contribution in [3.05, 3.63) is 42.0 Å². The number of imidazole rings is 1. The van der Waals surface area contributed by atoms with Crippen molar-refractivity contribution in [2.24, 2.45) is 10.9 Å². The number of amides is 1. The summed E-state index contributed by atoms with van der Waals surface area (Å²) >= 11 is 1.62. The van der Waals surface area contributed by atoms with Crippen LogP contribution in [0.25, 0.3) is 5.70 Å². The molecule has 2 aliphatic heterocycles. The first kappa shape index (κ1) is 18.1. The fourth-order valence-electron chi connectivity index (χ4n) is 2.77. The van der Waals surface area contributed by atoms with E-state index in [1.165, 1.54) is 4.91 Å². The van der Waals surface area contributed by atoms with Gasteiger partial charge in [-0.05, 0) is 6.42 Å². The molecule has 1 aromatic heterocycles. The number of aliphatic imine (C=N–C) groups is 1. The number of rotatable bonds is 7. The molecule has 0 aromatic carbocycles. The Morgan fingerprint density at radius 3 is 3.04 bits per heavy atom. The van der Waals surface area contributed by atoms with Gasteiger partial charge in [-0.1, -0.05) is 24.4 Å². The third-order valence-corrected chi connectivity index (χ3v) is 5.32. The first-order chi connectivity index (χ1) is 12.6. The Balaban J connectivity index is 1.57. The zero-order valence-corrected chi connectivity index (χ0v) is 15.6. The summed E-state index contributed by atoms with van der Waals surface area (Å²) in [5, 5.41) is 12.2. The van der Waals surface area contributed by atoms with Gasteiger partial charge in [-0.25, -0.2) is 4.98 Å². The van der Waals surface area contributed by atoms with Crippen LogP contribution in [0.3, 0.4) is 0 Å². The lowest BCUT2D eigenvalue weighted by molar-refractivity contribution is -0.121. The molecule has 9 heteroatoms. The van der Waals surface area contributed by atoms with Gasteiger partial charge < -0.3 is 25.8 Å². The lowest BCUT2D eigenvalue weighted by Crippen LogP contribution is -2.40. The van der Waals surface area contributed by atoms with Crippen molar-refractivity contribution in [1.82, 2.24) is 25.5 Å². The first-order valence-electron chi connectivity index (χ1n) is 8.32. The Hall–Kier alpha value is -2.68. The van der Waals surface area contributed by atoms with Crippen LogP contribution in [0.2, 0.25) is 0 Å². The van der Waals surface area contributed by atoms with Gasteiger partial charge in [0.15, 0.2) is 11.3 Å². The molecule has 3 heterocycles. The molecular weight excluding hydrogens is 350 g/mol. The van der Waals surface area contributed by atoms with Crippen LogP contribution >= 0.6 is 11.8 Å². The first-order valence-corrected chi connectivity index (χ1v) is 9.20. The fraction of sp³-hybridized carbons (Fsp3) is 0.353. The standard InChI is InChI=1S/C17H23N7OS/c1-11(18-2)15-16(19-3)22-10-24(15)9-14(25)23-17-21-8-13(26-17)12-4-6-20-7-5-12/h4,6-8,10,12,17-19,21H,1,5,9H2,2-3H3,(H,23,25). The second-order valence-corrected chi connectivity index (χ2v) is 7.02. The van der Waals surface area contributed by atoms with Crippen LogP contribution in [0.5, 0.6) is 0 Å². The molecule has 2 atom stereocenters. The summed E-state index contributed by atoms with van der Waals surface area (Å²) in [6, 6.07) is 0. The van der Waals surface area contributed by atoms with Crippen molar-refractivity contribution < 1.29 is 4.79 Å². The number of allylic oxidation sites excluding steroid dienone is 2. The molecule has 0 radical (unpaired) electrons. The zero-order chi connectivity index (χ0) is 18.5. The van der Waals surface area contributed by atoms with E-state index in [1.54, 1.807) is 36.8 Å². The number of nitrogens with one attached hydrogen (secondary N) is 4. The number of nitrogens with zero attached hydrogens (tertiary/aromatic N) is 3. The van der Waals surface area contributed by atoms with Crippen LogP contribution < -0.4 is 21.3 Å². The second kappa shape index (κ2) is 8.13. The van der Waals surface area contributed by atoms with Crippen molar-refractivity contribution >= 4 is 35.4 Å². The molecule has 2 aliphatic rings. The van der Waals surface area contributed by atoms with E-state index in [9.17, 15) is 4.79 Å². The Labute approximate surface area is 156 Å². The fourth-order valence-corrected chi connectivity index (χ4v) is 3.86. The van der Waals surface area contributed by atoms with E-state index < -0.39 is 0 Å². The Bertz CT molecular complexity index is 780. The summed E-state index contributed by atoms with van der Waals surface area (Å²) in [4.78, 5) is 22.0. The molecule has 4 N–H and O–H groups in total. The van der Waals surface area contributed by atoms with E-state index in [4.69, 9.17) is 0 Å². The third-order valence-electron chi connectivity index (χ3n) is 4.13. The number of carbonyl (C=O) groups is 1. The van der Waals surface area contributed by atoms with Crippen molar-refractivity contribution in [2.45, 2.75) is 18.5 Å². The van der Waals surface area contributed by atoms with Crippen LogP contribution in [0.4, 0.5) is 5.82 Å². The van der Waals surface area contributed by atoms with E-state index in [0.29, 0.717) is 17.4 Å². The Kier molecular flexibility index (Phi) is 5.67. The van der Waals surface area contributed by atoms with Crippen LogP contribution in [0.15, 0.2) is 41.3 Å². The molecular formula is C17H23N7OS. The molecule has 0 saturated carbocycles. The maximum atomic E-state index is 12.5. The van der Waals surface area contributed by atoms with E-state index >= 15 is 0 Å². The van der Waals surface area contributed by atoms with Gasteiger partial charge in [0.05, 0.1) is 12.0 Å². The molecule has 0 saturated heterocycles. The average molecular weight is 373 g/mol. The molecule has 26 heavy (non-hydrogen) atoms. The molecule has 3 rings (SSSR count). The minimum absolute atomic E-state index is 0.101. The number of hydrogen-bond acceptors (Lipinski definition) is 7. The topological polar surface area (TPSA) is 95.4 Å². The summed E-state index contributed by atoms with van der Waals surface area (Å²) in [5.41, 5.74) is 1.29. The maximum Gasteiger partial charge on any atom is 0.242 e. The summed E-state index contributed by atoms with van der Waals surface area (Å²) in [6.45, 7) is 4.13. The molecule has 0 bridgehead atoms. The maximum absolute atomic E-state index is 12.5. The minimum Gasteiger partial charge on any atom is -0.387 e. The molecule has 8 nitrogen and oxygen atoms in total. The van der Waals surface area contributed by atoms with Gasteiger partial charge in [-0.3, -0.25) is 9.79 Å². The second-order valence-electron chi connectivity index (χ2n) is 5.84. The normalized spacial score (nSPS) is 21.1. The van der Waals surface area contributed by atoms with E-state index in [-0.39, 0.29) is 17.9 Å². The molecule has 1 amide bonds. The Morgan fingerprint density at radius 1 is 1.50 bits per heavy atom. The van der Waals surface area contributed by atoms with Gasteiger partial charge in [0, 0.05) is 43.5 Å². The van der Waals surface area contributed by atoms with E-state index in [0.717, 1.165) is 12.1 Å². The highest BCUT2D eigenvalue weighted by Gasteiger charge is 2.24. The highest BCUT2D eigenvalue weighted by atomic mass is 32.2. The highest BCUT2D eigenvalue weighted by molar-refractivity contribution is 8.03. The zero-order valence-electron chi connectivity index (χ0n) is 14.8. The molecule has 0 spiro atoms. The lowest BCUT2D eigenvalue weighted by Gasteiger charge is -2.17. The quantitative estimate of drug-likeness (QED) is 0.575. The number of carbonyl (C=O) groups excluding carboxylic acids is 1. The monoisotopic (exact) mass is 373 g/mol. The van der Waals surface area contributed by atoms with Gasteiger partial charge in [-0.15, -0.1) is 0 Å². The van der Waals surface area contributed by atoms with Crippen molar-refractivity contribution in [3.8, 4) is 0 Å². The molecule has 1 aromatic rings. The minimum atomic E-state index is -0.173. The van der Waals surface area contributed by atoms with Gasteiger partial charge in [0.25, 0.3) is 0 Å². The summed E-state index contributed by atoms with van der Waals surface area (Å²) in [7, 11) is 3.58. The van der Waals surface area contributed by atoms with Gasteiger partial charge in [0.1, 0.15) is 12.2 Å². The van der Waals surface area contributed by atoms with Crippen LogP contribution in [0, 0.1) is 5.92 Å². The van der Waals surface area contributed by atoms with Gasteiger partial charge >= 0.3 is 0 Å². The molecule has 0 fully saturated rings. The molecule has 138 valence electrons. The summed E-state index contributed by atoms with van der Waals surface area (Å²) in [6.07, 6.45) is 10.3. The number of aromatic nitrogens is 2. The smallest absolute Gasteiger partial charge is 0.242 e. The number of anilines is 1. The molecule has 0 aliphatic carbocycles. The van der Waals surface area contributed by atoms with E-state index in [2.05, 4.69) is 43.9 Å². The lowest BCUT2D eigenvalue weighted by atomic mass is 10.1. The van der Waals surface area contributed by atoms with Crippen molar-refractivity contribution in [3.63, 3.8) is 0 Å². The van der Waals surface area contributed by atoms with Gasteiger partial charge in [0.2, 0.25) is 5.91 Å².